The van der Waals surface area contributed by atoms with Crippen LogP contribution in [-0.4, -0.2) is 67.1 Å². The highest BCUT2D eigenvalue weighted by Gasteiger charge is 2.52. The summed E-state index contributed by atoms with van der Waals surface area (Å²) in [5.74, 6) is -2.81. The first-order chi connectivity index (χ1) is 19.2. The molecule has 1 saturated carbocycles. The maximum atomic E-state index is 14.0. The molecule has 1 heterocycles. The zero-order valence-electron chi connectivity index (χ0n) is 23.1. The number of nitrogens with zero attached hydrogens (tertiary/aromatic N) is 1. The maximum absolute atomic E-state index is 14.0. The van der Waals surface area contributed by atoms with Crippen LogP contribution >= 0.6 is 0 Å². The van der Waals surface area contributed by atoms with Crippen molar-refractivity contribution in [3.05, 3.63) is 53.6 Å². The number of hydrogen-bond acceptors (Lipinski definition) is 5. The topological polar surface area (TPSA) is 100 Å². The Kier molecular flexibility index (Phi) is 10.1. The number of amides is 2. The Labute approximate surface area is 234 Å². The lowest BCUT2D eigenvalue weighted by Crippen LogP contribution is -2.54. The van der Waals surface area contributed by atoms with Crippen molar-refractivity contribution in [3.63, 3.8) is 0 Å². The molecular formula is C28H34F5N3O5. The highest BCUT2D eigenvalue weighted by Crippen LogP contribution is 2.50. The van der Waals surface area contributed by atoms with Crippen molar-refractivity contribution < 1.29 is 46.1 Å². The molecule has 2 amide bonds. The van der Waals surface area contributed by atoms with E-state index in [0.717, 1.165) is 50.1 Å². The van der Waals surface area contributed by atoms with Crippen LogP contribution in [0.1, 0.15) is 45.1 Å². The highest BCUT2D eigenvalue weighted by atomic mass is 19.4. The second-order valence-corrected chi connectivity index (χ2v) is 10.3. The highest BCUT2D eigenvalue weighted by molar-refractivity contribution is 5.89. The van der Waals surface area contributed by atoms with Crippen molar-refractivity contribution in [3.8, 4) is 11.5 Å². The molecule has 3 N–H and O–H groups in total. The number of carboxylic acid groups (broad SMARTS) is 1. The number of aliphatic carboxylic acids is 1. The van der Waals surface area contributed by atoms with Gasteiger partial charge in [-0.3, -0.25) is 4.90 Å². The minimum atomic E-state index is -5.08. The first kappa shape index (κ1) is 31.9. The minimum absolute atomic E-state index is 0.0401. The molecule has 1 saturated heterocycles. The maximum Gasteiger partial charge on any atom is 0.490 e. The number of halogens is 5. The second-order valence-electron chi connectivity index (χ2n) is 10.3. The Morgan fingerprint density at radius 3 is 2.27 bits per heavy atom. The fourth-order valence-corrected chi connectivity index (χ4v) is 5.75. The molecule has 0 radical (unpaired) electrons. The van der Waals surface area contributed by atoms with E-state index in [1.165, 1.54) is 11.6 Å². The Hall–Kier alpha value is -3.61. The van der Waals surface area contributed by atoms with E-state index in [-0.39, 0.29) is 23.2 Å². The summed E-state index contributed by atoms with van der Waals surface area (Å²) in [4.78, 5) is 24.0. The number of ether oxygens (including phenoxy) is 2. The van der Waals surface area contributed by atoms with E-state index in [4.69, 9.17) is 19.4 Å². The summed E-state index contributed by atoms with van der Waals surface area (Å²) in [6.45, 7) is 5.38. The second kappa shape index (κ2) is 12.9. The van der Waals surface area contributed by atoms with E-state index >= 15 is 0 Å². The molecule has 13 heteroatoms. The predicted molar refractivity (Wildman–Crippen MR) is 141 cm³/mol. The average molecular weight is 588 g/mol. The molecule has 0 bridgehead atoms. The average Bonchev–Trinajstić information content (AvgIpc) is 3.30. The number of methoxy groups -OCH3 is 2. The SMILES string of the molecule is COc1ccc([C@@]23CC[C@@H](NC(=O)Nc4ccc(F)cc4F)C[C@@H]2N(C(C)C)CC3)cc1OC.O=C(O)C(F)(F)F. The third-order valence-corrected chi connectivity index (χ3v) is 7.68. The first-order valence-electron chi connectivity index (χ1n) is 13.0. The van der Waals surface area contributed by atoms with Crippen LogP contribution in [0, 0.1) is 11.6 Å². The van der Waals surface area contributed by atoms with Crippen molar-refractivity contribution in [1.29, 1.82) is 0 Å². The fourth-order valence-electron chi connectivity index (χ4n) is 5.75. The van der Waals surface area contributed by atoms with Gasteiger partial charge in [-0.1, -0.05) is 6.07 Å². The molecule has 8 nitrogen and oxygen atoms in total. The van der Waals surface area contributed by atoms with Crippen LogP contribution < -0.4 is 20.1 Å². The molecular weight excluding hydrogens is 553 g/mol. The molecule has 1 aliphatic carbocycles. The van der Waals surface area contributed by atoms with Crippen molar-refractivity contribution in [2.24, 2.45) is 0 Å². The number of urea groups is 1. The first-order valence-corrected chi connectivity index (χ1v) is 13.0. The van der Waals surface area contributed by atoms with Gasteiger partial charge in [0.25, 0.3) is 0 Å². The third-order valence-electron chi connectivity index (χ3n) is 7.68. The van der Waals surface area contributed by atoms with Gasteiger partial charge in [0.15, 0.2) is 11.5 Å². The Morgan fingerprint density at radius 1 is 1.05 bits per heavy atom. The number of fused-ring (bicyclic) bond motifs is 1. The molecule has 1 aliphatic heterocycles. The van der Waals surface area contributed by atoms with Gasteiger partial charge in [-0.05, 0) is 75.9 Å². The van der Waals surface area contributed by atoms with E-state index in [0.29, 0.717) is 11.8 Å². The summed E-state index contributed by atoms with van der Waals surface area (Å²) in [6, 6.07) is 9.37. The van der Waals surface area contributed by atoms with Crippen molar-refractivity contribution in [1.82, 2.24) is 10.2 Å². The minimum Gasteiger partial charge on any atom is -0.493 e. The molecule has 41 heavy (non-hydrogen) atoms. The standard InChI is InChI=1S/C26H33F2N3O3.C2HF3O2/c1-16(2)31-12-11-26(17-5-8-22(33-3)23(13-17)34-4)10-9-19(15-24(26)31)29-25(32)30-21-7-6-18(27)14-20(21)28;3-2(4,5)1(6)7/h5-8,13-14,16,19,24H,9-12,15H2,1-4H3,(H2,29,30,32);(H,6,7)/t19-,24+,26+;/m1./s1. The van der Waals surface area contributed by atoms with Gasteiger partial charge in [-0.2, -0.15) is 13.2 Å². The molecule has 2 aromatic carbocycles. The molecule has 3 atom stereocenters. The fraction of sp³-hybridized carbons (Fsp3) is 0.500. The number of carboxylic acids is 1. The Morgan fingerprint density at radius 2 is 1.71 bits per heavy atom. The number of alkyl halides is 3. The molecule has 2 aromatic rings. The van der Waals surface area contributed by atoms with Crippen LogP contribution in [-0.2, 0) is 10.2 Å². The van der Waals surface area contributed by atoms with Gasteiger partial charge in [0.2, 0.25) is 0 Å². The molecule has 226 valence electrons. The monoisotopic (exact) mass is 587 g/mol. The number of carbonyl (C=O) groups is 2. The number of rotatable bonds is 6. The number of carbonyl (C=O) groups excluding carboxylic acids is 1. The van der Waals surface area contributed by atoms with Crippen LogP contribution in [0.15, 0.2) is 36.4 Å². The summed E-state index contributed by atoms with van der Waals surface area (Å²) in [7, 11) is 3.28. The summed E-state index contributed by atoms with van der Waals surface area (Å²) in [5.41, 5.74) is 1.15. The van der Waals surface area contributed by atoms with E-state index in [2.05, 4.69) is 41.5 Å². The van der Waals surface area contributed by atoms with Crippen LogP contribution in [0.5, 0.6) is 11.5 Å². The van der Waals surface area contributed by atoms with Gasteiger partial charge in [0, 0.05) is 29.6 Å². The zero-order chi connectivity index (χ0) is 30.5. The van der Waals surface area contributed by atoms with Crippen molar-refractivity contribution in [2.45, 2.75) is 69.2 Å². The van der Waals surface area contributed by atoms with Gasteiger partial charge in [-0.25, -0.2) is 18.4 Å². The molecule has 2 fully saturated rings. The van der Waals surface area contributed by atoms with Gasteiger partial charge < -0.3 is 25.2 Å². The molecule has 0 unspecified atom stereocenters. The van der Waals surface area contributed by atoms with Gasteiger partial charge in [-0.15, -0.1) is 0 Å². The summed E-state index contributed by atoms with van der Waals surface area (Å²) in [5, 5.41) is 12.6. The van der Waals surface area contributed by atoms with Gasteiger partial charge >= 0.3 is 18.2 Å². The van der Waals surface area contributed by atoms with E-state index in [1.54, 1.807) is 14.2 Å². The lowest BCUT2D eigenvalue weighted by Gasteiger charge is -2.46. The van der Waals surface area contributed by atoms with Crippen molar-refractivity contribution >= 4 is 17.7 Å². The van der Waals surface area contributed by atoms with E-state index in [1.807, 2.05) is 6.07 Å². The summed E-state index contributed by atoms with van der Waals surface area (Å²) < 4.78 is 69.9. The van der Waals surface area contributed by atoms with Crippen molar-refractivity contribution in [2.75, 3.05) is 26.1 Å². The van der Waals surface area contributed by atoms with Crippen LogP contribution in [0.3, 0.4) is 0 Å². The largest absolute Gasteiger partial charge is 0.493 e. The Bertz CT molecular complexity index is 1240. The summed E-state index contributed by atoms with van der Waals surface area (Å²) in [6.07, 6.45) is -1.56. The van der Waals surface area contributed by atoms with Crippen LogP contribution in [0.4, 0.5) is 32.4 Å². The smallest absolute Gasteiger partial charge is 0.490 e. The van der Waals surface area contributed by atoms with E-state index in [9.17, 15) is 26.7 Å². The van der Waals surface area contributed by atoms with Crippen LogP contribution in [0.2, 0.25) is 0 Å². The van der Waals surface area contributed by atoms with Gasteiger partial charge in [0.1, 0.15) is 11.6 Å². The molecule has 0 aromatic heterocycles. The zero-order valence-corrected chi connectivity index (χ0v) is 23.1. The number of anilines is 1. The molecule has 2 aliphatic rings. The Balaban J connectivity index is 0.000000587. The quantitative estimate of drug-likeness (QED) is 0.375. The third kappa shape index (κ3) is 7.38. The number of nitrogens with one attached hydrogen (secondary N) is 2. The van der Waals surface area contributed by atoms with Gasteiger partial charge in [0.05, 0.1) is 19.9 Å². The number of benzene rings is 2. The molecule has 4 rings (SSSR count). The normalized spacial score (nSPS) is 22.3. The predicted octanol–water partition coefficient (Wildman–Crippen LogP) is 5.71. The lowest BCUT2D eigenvalue weighted by atomic mass is 9.65. The number of hydrogen-bond donors (Lipinski definition) is 3. The number of likely N-dealkylation sites (tertiary alicyclic amines) is 1. The molecule has 0 spiro atoms. The van der Waals surface area contributed by atoms with Crippen LogP contribution in [0.25, 0.3) is 0 Å². The van der Waals surface area contributed by atoms with E-state index < -0.39 is 29.8 Å². The lowest BCUT2D eigenvalue weighted by molar-refractivity contribution is -0.192. The summed E-state index contributed by atoms with van der Waals surface area (Å²) >= 11 is 0.